The number of aromatic nitrogens is 2. The van der Waals surface area contributed by atoms with Gasteiger partial charge in [-0.15, -0.1) is 0 Å². The first-order chi connectivity index (χ1) is 12.6. The number of rotatable bonds is 7. The lowest BCUT2D eigenvalue weighted by molar-refractivity contribution is -0.121. The summed E-state index contributed by atoms with van der Waals surface area (Å²) in [5.41, 5.74) is 2.00. The second kappa shape index (κ2) is 8.91. The van der Waals surface area contributed by atoms with Crippen molar-refractivity contribution in [1.82, 2.24) is 19.8 Å². The number of hydrogen-bond donors (Lipinski definition) is 1. The number of fused-ring (bicyclic) bond motifs is 1. The molecule has 0 aliphatic carbocycles. The van der Waals surface area contributed by atoms with Crippen molar-refractivity contribution in [2.24, 2.45) is 5.92 Å². The van der Waals surface area contributed by atoms with Gasteiger partial charge in [0.15, 0.2) is 0 Å². The van der Waals surface area contributed by atoms with Gasteiger partial charge in [0.2, 0.25) is 5.91 Å². The fourth-order valence-corrected chi connectivity index (χ4v) is 4.21. The van der Waals surface area contributed by atoms with Gasteiger partial charge in [-0.3, -0.25) is 4.79 Å². The lowest BCUT2D eigenvalue weighted by Crippen LogP contribution is -2.44. The van der Waals surface area contributed by atoms with Gasteiger partial charge in [0.05, 0.1) is 16.8 Å². The zero-order chi connectivity index (χ0) is 18.5. The van der Waals surface area contributed by atoms with Crippen LogP contribution in [0.4, 0.5) is 0 Å². The topological polar surface area (TPSA) is 50.2 Å². The Bertz CT molecular complexity index is 742. The molecule has 26 heavy (non-hydrogen) atoms. The lowest BCUT2D eigenvalue weighted by Gasteiger charge is -2.35. The Morgan fingerprint density at radius 2 is 2.19 bits per heavy atom. The van der Waals surface area contributed by atoms with E-state index in [9.17, 15) is 4.79 Å². The number of piperidine rings is 1. The first kappa shape index (κ1) is 19.2. The van der Waals surface area contributed by atoms with Crippen molar-refractivity contribution in [3.8, 4) is 0 Å². The Morgan fingerprint density at radius 1 is 1.38 bits per heavy atom. The molecule has 1 fully saturated rings. The minimum absolute atomic E-state index is 0.0807. The number of likely N-dealkylation sites (tertiary alicyclic amines) is 1. The molecule has 1 aromatic heterocycles. The standard InChI is InChI=1S/C20H30N4OS/c1-15(2)23-10-6-7-16(12-23)11-21-20(25)13-24-18-9-5-4-8-17(18)22-19(24)14-26-3/h4-5,8-9,15-16H,6-7,10-14H2,1-3H3,(H,21,25)/t16-/m1/s1. The Labute approximate surface area is 160 Å². The van der Waals surface area contributed by atoms with E-state index < -0.39 is 0 Å². The molecule has 0 bridgehead atoms. The molecule has 0 unspecified atom stereocenters. The SMILES string of the molecule is CSCc1nc2ccccc2n1CC(=O)NC[C@H]1CCCN(C(C)C)C1. The van der Waals surface area contributed by atoms with Crippen LogP contribution >= 0.6 is 11.8 Å². The Kier molecular flexibility index (Phi) is 6.59. The molecule has 2 aromatic rings. The van der Waals surface area contributed by atoms with E-state index in [0.717, 1.165) is 35.7 Å². The van der Waals surface area contributed by atoms with Crippen LogP contribution in [-0.2, 0) is 17.1 Å². The van der Waals surface area contributed by atoms with Crippen LogP contribution in [-0.4, -0.2) is 52.3 Å². The number of nitrogens with zero attached hydrogens (tertiary/aromatic N) is 3. The summed E-state index contributed by atoms with van der Waals surface area (Å²) in [7, 11) is 0. The van der Waals surface area contributed by atoms with Crippen LogP contribution in [0.5, 0.6) is 0 Å². The maximum atomic E-state index is 12.6. The minimum atomic E-state index is 0.0807. The zero-order valence-electron chi connectivity index (χ0n) is 16.1. The molecular formula is C20H30N4OS. The van der Waals surface area contributed by atoms with Crippen molar-refractivity contribution in [3.63, 3.8) is 0 Å². The highest BCUT2D eigenvalue weighted by molar-refractivity contribution is 7.97. The summed E-state index contributed by atoms with van der Waals surface area (Å²) >= 11 is 1.73. The van der Waals surface area contributed by atoms with Gasteiger partial charge in [0, 0.05) is 19.1 Å². The van der Waals surface area contributed by atoms with Crippen LogP contribution in [0.15, 0.2) is 24.3 Å². The van der Waals surface area contributed by atoms with E-state index in [1.807, 2.05) is 24.3 Å². The Hall–Kier alpha value is -1.53. The smallest absolute Gasteiger partial charge is 0.240 e. The van der Waals surface area contributed by atoms with Crippen molar-refractivity contribution in [2.75, 3.05) is 25.9 Å². The second-order valence-corrected chi connectivity index (χ2v) is 8.30. The summed E-state index contributed by atoms with van der Waals surface area (Å²) < 4.78 is 2.06. The molecule has 5 nitrogen and oxygen atoms in total. The highest BCUT2D eigenvalue weighted by Gasteiger charge is 2.22. The Balaban J connectivity index is 1.61. The van der Waals surface area contributed by atoms with Crippen LogP contribution in [0.25, 0.3) is 11.0 Å². The first-order valence-corrected chi connectivity index (χ1v) is 10.9. The van der Waals surface area contributed by atoms with Crippen molar-refractivity contribution in [1.29, 1.82) is 0 Å². The van der Waals surface area contributed by atoms with Gasteiger partial charge in [-0.2, -0.15) is 11.8 Å². The summed E-state index contributed by atoms with van der Waals surface area (Å²) in [5, 5.41) is 3.16. The number of para-hydroxylation sites is 2. The van der Waals surface area contributed by atoms with E-state index in [1.165, 1.54) is 19.4 Å². The number of thioether (sulfide) groups is 1. The monoisotopic (exact) mass is 374 g/mol. The average molecular weight is 375 g/mol. The van der Waals surface area contributed by atoms with Crippen LogP contribution < -0.4 is 5.32 Å². The van der Waals surface area contributed by atoms with Crippen LogP contribution in [0.2, 0.25) is 0 Å². The molecule has 1 saturated heterocycles. The molecule has 1 N–H and O–H groups in total. The molecule has 2 heterocycles. The largest absolute Gasteiger partial charge is 0.354 e. The van der Waals surface area contributed by atoms with Gasteiger partial charge in [-0.25, -0.2) is 4.98 Å². The van der Waals surface area contributed by atoms with Gasteiger partial charge in [0.25, 0.3) is 0 Å². The molecule has 6 heteroatoms. The second-order valence-electron chi connectivity index (χ2n) is 7.44. The average Bonchev–Trinajstić information content (AvgIpc) is 2.98. The van der Waals surface area contributed by atoms with E-state index in [2.05, 4.69) is 34.9 Å². The van der Waals surface area contributed by atoms with Gasteiger partial charge in [0.1, 0.15) is 12.4 Å². The molecule has 1 aromatic carbocycles. The van der Waals surface area contributed by atoms with Crippen molar-refractivity contribution in [3.05, 3.63) is 30.1 Å². The van der Waals surface area contributed by atoms with Crippen LogP contribution in [0, 0.1) is 5.92 Å². The van der Waals surface area contributed by atoms with E-state index in [4.69, 9.17) is 4.98 Å². The third-order valence-electron chi connectivity index (χ3n) is 5.18. The molecule has 1 atom stereocenters. The van der Waals surface area contributed by atoms with Crippen molar-refractivity contribution in [2.45, 2.75) is 45.0 Å². The highest BCUT2D eigenvalue weighted by Crippen LogP contribution is 2.20. The predicted octanol–water partition coefficient (Wildman–Crippen LogP) is 3.14. The number of benzene rings is 1. The maximum absolute atomic E-state index is 12.6. The van der Waals surface area contributed by atoms with E-state index in [0.29, 0.717) is 18.5 Å². The molecule has 0 spiro atoms. The molecule has 0 radical (unpaired) electrons. The van der Waals surface area contributed by atoms with Gasteiger partial charge in [-0.05, 0) is 57.5 Å². The number of imidazole rings is 1. The van der Waals surface area contributed by atoms with Crippen LogP contribution in [0.1, 0.15) is 32.5 Å². The van der Waals surface area contributed by atoms with Crippen molar-refractivity contribution < 1.29 is 4.79 Å². The van der Waals surface area contributed by atoms with Gasteiger partial charge >= 0.3 is 0 Å². The van der Waals surface area contributed by atoms with E-state index in [-0.39, 0.29) is 5.91 Å². The van der Waals surface area contributed by atoms with Crippen molar-refractivity contribution >= 4 is 28.7 Å². The normalized spacial score (nSPS) is 18.5. The van der Waals surface area contributed by atoms with E-state index >= 15 is 0 Å². The highest BCUT2D eigenvalue weighted by atomic mass is 32.2. The maximum Gasteiger partial charge on any atom is 0.240 e. The number of carbonyl (C=O) groups excluding carboxylic acids is 1. The molecule has 0 saturated carbocycles. The summed E-state index contributed by atoms with van der Waals surface area (Å²) in [4.78, 5) is 19.8. The predicted molar refractivity (Wildman–Crippen MR) is 109 cm³/mol. The number of hydrogen-bond acceptors (Lipinski definition) is 4. The first-order valence-electron chi connectivity index (χ1n) is 9.52. The molecular weight excluding hydrogens is 344 g/mol. The quantitative estimate of drug-likeness (QED) is 0.809. The number of nitrogens with one attached hydrogen (secondary N) is 1. The lowest BCUT2D eigenvalue weighted by atomic mass is 9.97. The summed E-state index contributed by atoms with van der Waals surface area (Å²) in [6.45, 7) is 7.88. The third-order valence-corrected chi connectivity index (χ3v) is 5.72. The van der Waals surface area contributed by atoms with Crippen LogP contribution in [0.3, 0.4) is 0 Å². The third kappa shape index (κ3) is 4.60. The number of amides is 1. The molecule has 1 aliphatic rings. The fraction of sp³-hybridized carbons (Fsp3) is 0.600. The summed E-state index contributed by atoms with van der Waals surface area (Å²) in [6.07, 6.45) is 4.49. The Morgan fingerprint density at radius 3 is 2.96 bits per heavy atom. The number of carbonyl (C=O) groups is 1. The van der Waals surface area contributed by atoms with Gasteiger partial charge < -0.3 is 14.8 Å². The zero-order valence-corrected chi connectivity index (χ0v) is 16.9. The van der Waals surface area contributed by atoms with Gasteiger partial charge in [-0.1, -0.05) is 12.1 Å². The molecule has 1 amide bonds. The minimum Gasteiger partial charge on any atom is -0.354 e. The van der Waals surface area contributed by atoms with E-state index in [1.54, 1.807) is 11.8 Å². The molecule has 142 valence electrons. The summed E-state index contributed by atoms with van der Waals surface area (Å²) in [5.74, 6) is 2.42. The fourth-order valence-electron chi connectivity index (χ4n) is 3.73. The summed E-state index contributed by atoms with van der Waals surface area (Å²) in [6, 6.07) is 8.63. The molecule has 1 aliphatic heterocycles. The molecule has 3 rings (SSSR count).